The summed E-state index contributed by atoms with van der Waals surface area (Å²) in [5.74, 6) is 0.969. The molecule has 106 valence electrons. The van der Waals surface area contributed by atoms with Crippen LogP contribution in [-0.2, 0) is 4.79 Å². The zero-order valence-electron chi connectivity index (χ0n) is 11.8. The van der Waals surface area contributed by atoms with E-state index in [4.69, 9.17) is 9.84 Å². The molecule has 0 aliphatic heterocycles. The van der Waals surface area contributed by atoms with Crippen molar-refractivity contribution in [3.63, 3.8) is 0 Å². The predicted octanol–water partition coefficient (Wildman–Crippen LogP) is 2.08. The van der Waals surface area contributed by atoms with Gasteiger partial charge in [0.2, 0.25) is 0 Å². The summed E-state index contributed by atoms with van der Waals surface area (Å²) >= 11 is 0. The summed E-state index contributed by atoms with van der Waals surface area (Å²) in [5.41, 5.74) is 1.19. The largest absolute Gasteiger partial charge is 0.481 e. The molecule has 1 aromatic rings. The van der Waals surface area contributed by atoms with Gasteiger partial charge in [0.15, 0.2) is 6.10 Å². The quantitative estimate of drug-likeness (QED) is 0.742. The second-order valence-corrected chi connectivity index (χ2v) is 4.86. The van der Waals surface area contributed by atoms with E-state index in [9.17, 15) is 4.79 Å². The first-order chi connectivity index (χ1) is 9.04. The van der Waals surface area contributed by atoms with E-state index in [2.05, 4.69) is 19.2 Å². The van der Waals surface area contributed by atoms with E-state index in [1.54, 1.807) is 6.92 Å². The van der Waals surface area contributed by atoms with Crippen LogP contribution in [0.5, 0.6) is 5.75 Å². The fourth-order valence-electron chi connectivity index (χ4n) is 1.64. The van der Waals surface area contributed by atoms with Gasteiger partial charge in [0.1, 0.15) is 5.75 Å². The van der Waals surface area contributed by atoms with Crippen molar-refractivity contribution in [2.45, 2.75) is 39.2 Å². The van der Waals surface area contributed by atoms with Gasteiger partial charge in [0.25, 0.3) is 5.91 Å². The summed E-state index contributed by atoms with van der Waals surface area (Å²) in [5, 5.41) is 11.4. The zero-order chi connectivity index (χ0) is 14.3. The molecule has 0 spiro atoms. The lowest BCUT2D eigenvalue weighted by Gasteiger charge is -2.15. The summed E-state index contributed by atoms with van der Waals surface area (Å²) in [4.78, 5) is 11.7. The Bertz CT molecular complexity index is 404. The van der Waals surface area contributed by atoms with Crippen molar-refractivity contribution < 1.29 is 14.6 Å². The molecular weight excluding hydrogens is 242 g/mol. The Labute approximate surface area is 114 Å². The Hall–Kier alpha value is -1.55. The third kappa shape index (κ3) is 5.30. The molecule has 1 rings (SSSR count). The van der Waals surface area contributed by atoms with E-state index in [-0.39, 0.29) is 12.5 Å². The number of nitrogens with one attached hydrogen (secondary N) is 1. The van der Waals surface area contributed by atoms with Crippen LogP contribution in [0.4, 0.5) is 0 Å². The number of rotatable bonds is 7. The SMILES string of the molecule is CC(Oc1cccc(C(C)C)c1)C(=O)NCCCO. The fourth-order valence-corrected chi connectivity index (χ4v) is 1.64. The zero-order valence-corrected chi connectivity index (χ0v) is 11.8. The lowest BCUT2D eigenvalue weighted by Crippen LogP contribution is -2.37. The second-order valence-electron chi connectivity index (χ2n) is 4.86. The molecule has 0 fully saturated rings. The van der Waals surface area contributed by atoms with Gasteiger partial charge in [-0.05, 0) is 37.0 Å². The van der Waals surface area contributed by atoms with E-state index in [1.165, 1.54) is 5.56 Å². The van der Waals surface area contributed by atoms with Crippen molar-refractivity contribution in [1.29, 1.82) is 0 Å². The number of hydrogen-bond donors (Lipinski definition) is 2. The molecule has 1 unspecified atom stereocenters. The maximum Gasteiger partial charge on any atom is 0.260 e. The first kappa shape index (κ1) is 15.5. The van der Waals surface area contributed by atoms with Crippen LogP contribution in [0.15, 0.2) is 24.3 Å². The Balaban J connectivity index is 2.53. The summed E-state index contributed by atoms with van der Waals surface area (Å²) in [6, 6.07) is 7.79. The van der Waals surface area contributed by atoms with E-state index in [1.807, 2.05) is 24.3 Å². The summed E-state index contributed by atoms with van der Waals surface area (Å²) < 4.78 is 5.62. The maximum atomic E-state index is 11.7. The van der Waals surface area contributed by atoms with Crippen LogP contribution in [0.1, 0.15) is 38.7 Å². The summed E-state index contributed by atoms with van der Waals surface area (Å²) in [7, 11) is 0. The summed E-state index contributed by atoms with van der Waals surface area (Å²) in [6.07, 6.45) is 0.0162. The Morgan fingerprint density at radius 3 is 2.74 bits per heavy atom. The highest BCUT2D eigenvalue weighted by Gasteiger charge is 2.14. The van der Waals surface area contributed by atoms with Crippen LogP contribution in [0, 0.1) is 0 Å². The molecule has 19 heavy (non-hydrogen) atoms. The molecule has 0 aliphatic rings. The molecule has 0 aliphatic carbocycles. The minimum atomic E-state index is -0.541. The van der Waals surface area contributed by atoms with Crippen LogP contribution in [0.25, 0.3) is 0 Å². The van der Waals surface area contributed by atoms with Gasteiger partial charge in [0.05, 0.1) is 0 Å². The molecule has 0 saturated heterocycles. The predicted molar refractivity (Wildman–Crippen MR) is 75.3 cm³/mol. The van der Waals surface area contributed by atoms with Gasteiger partial charge < -0.3 is 15.2 Å². The highest BCUT2D eigenvalue weighted by atomic mass is 16.5. The average molecular weight is 265 g/mol. The van der Waals surface area contributed by atoms with E-state index < -0.39 is 6.10 Å². The minimum absolute atomic E-state index is 0.0753. The van der Waals surface area contributed by atoms with Crippen molar-refractivity contribution in [3.05, 3.63) is 29.8 Å². The van der Waals surface area contributed by atoms with Gasteiger partial charge in [-0.2, -0.15) is 0 Å². The molecule has 4 nitrogen and oxygen atoms in total. The standard InChI is InChI=1S/C15H23NO3/c1-11(2)13-6-4-7-14(10-13)19-12(3)15(18)16-8-5-9-17/h4,6-7,10-12,17H,5,8-9H2,1-3H3,(H,16,18). The molecule has 1 atom stereocenters. The molecule has 0 saturated carbocycles. The molecule has 0 radical (unpaired) electrons. The van der Waals surface area contributed by atoms with Crippen molar-refractivity contribution in [1.82, 2.24) is 5.32 Å². The van der Waals surface area contributed by atoms with Crippen LogP contribution in [-0.4, -0.2) is 30.3 Å². The topological polar surface area (TPSA) is 58.6 Å². The summed E-state index contributed by atoms with van der Waals surface area (Å²) in [6.45, 7) is 6.49. The van der Waals surface area contributed by atoms with Crippen LogP contribution < -0.4 is 10.1 Å². The fraction of sp³-hybridized carbons (Fsp3) is 0.533. The number of ether oxygens (including phenoxy) is 1. The number of carbonyl (C=O) groups excluding carboxylic acids is 1. The van der Waals surface area contributed by atoms with Gasteiger partial charge in [-0.1, -0.05) is 26.0 Å². The second kappa shape index (κ2) is 7.79. The monoisotopic (exact) mass is 265 g/mol. The van der Waals surface area contributed by atoms with E-state index in [0.29, 0.717) is 24.6 Å². The minimum Gasteiger partial charge on any atom is -0.481 e. The van der Waals surface area contributed by atoms with Crippen LogP contribution in [0.2, 0.25) is 0 Å². The van der Waals surface area contributed by atoms with Gasteiger partial charge in [0, 0.05) is 13.2 Å². The Morgan fingerprint density at radius 2 is 2.11 bits per heavy atom. The lowest BCUT2D eigenvalue weighted by molar-refractivity contribution is -0.127. The van der Waals surface area contributed by atoms with Gasteiger partial charge >= 0.3 is 0 Å². The molecule has 0 bridgehead atoms. The molecular formula is C15H23NO3. The number of benzene rings is 1. The number of aliphatic hydroxyl groups is 1. The highest BCUT2D eigenvalue weighted by Crippen LogP contribution is 2.20. The highest BCUT2D eigenvalue weighted by molar-refractivity contribution is 5.80. The molecule has 1 amide bonds. The smallest absolute Gasteiger partial charge is 0.260 e. The number of amides is 1. The molecule has 2 N–H and O–H groups in total. The molecule has 0 heterocycles. The van der Waals surface area contributed by atoms with Crippen molar-refractivity contribution >= 4 is 5.91 Å². The first-order valence-electron chi connectivity index (χ1n) is 6.69. The van der Waals surface area contributed by atoms with Crippen LogP contribution >= 0.6 is 0 Å². The van der Waals surface area contributed by atoms with Crippen molar-refractivity contribution in [2.24, 2.45) is 0 Å². The molecule has 1 aromatic carbocycles. The Kier molecular flexibility index (Phi) is 6.36. The van der Waals surface area contributed by atoms with Crippen molar-refractivity contribution in [2.75, 3.05) is 13.2 Å². The third-order valence-electron chi connectivity index (χ3n) is 2.84. The van der Waals surface area contributed by atoms with E-state index >= 15 is 0 Å². The number of aliphatic hydroxyl groups excluding tert-OH is 1. The molecule has 0 aromatic heterocycles. The first-order valence-corrected chi connectivity index (χ1v) is 6.69. The Morgan fingerprint density at radius 1 is 1.37 bits per heavy atom. The van der Waals surface area contributed by atoms with Crippen LogP contribution in [0.3, 0.4) is 0 Å². The van der Waals surface area contributed by atoms with Gasteiger partial charge in [-0.15, -0.1) is 0 Å². The third-order valence-corrected chi connectivity index (χ3v) is 2.84. The lowest BCUT2D eigenvalue weighted by atomic mass is 10.0. The van der Waals surface area contributed by atoms with Crippen molar-refractivity contribution in [3.8, 4) is 5.75 Å². The number of hydrogen-bond acceptors (Lipinski definition) is 3. The normalized spacial score (nSPS) is 12.3. The van der Waals surface area contributed by atoms with Gasteiger partial charge in [-0.3, -0.25) is 4.79 Å². The maximum absolute atomic E-state index is 11.7. The van der Waals surface area contributed by atoms with Gasteiger partial charge in [-0.25, -0.2) is 0 Å². The average Bonchev–Trinajstić information content (AvgIpc) is 2.39. The number of carbonyl (C=O) groups is 1. The van der Waals surface area contributed by atoms with E-state index in [0.717, 1.165) is 0 Å². The molecule has 4 heteroatoms.